The Morgan fingerprint density at radius 3 is 2.00 bits per heavy atom. The summed E-state index contributed by atoms with van der Waals surface area (Å²) >= 11 is 2.58. The number of aliphatic carboxylic acids is 1. The van der Waals surface area contributed by atoms with Crippen molar-refractivity contribution in [2.45, 2.75) is 0 Å². The minimum absolute atomic E-state index is 0.123. The van der Waals surface area contributed by atoms with Crippen molar-refractivity contribution >= 4 is 21.9 Å². The van der Waals surface area contributed by atoms with Crippen molar-refractivity contribution in [1.29, 1.82) is 0 Å². The fourth-order valence-electron chi connectivity index (χ4n) is 0. The van der Waals surface area contributed by atoms with E-state index in [-0.39, 0.29) is 4.48 Å². The standard InChI is InChI=1S/C3H3BrO2/c1-2(4)3(5)6/h1H2,(H,5,6)/p-1. The molecule has 0 aliphatic rings. The Labute approximate surface area is 43.6 Å². The monoisotopic (exact) mass is 149 g/mol. The molecule has 0 aromatic heterocycles. The van der Waals surface area contributed by atoms with E-state index in [1.54, 1.807) is 0 Å². The van der Waals surface area contributed by atoms with E-state index in [1.165, 1.54) is 0 Å². The van der Waals surface area contributed by atoms with Crippen molar-refractivity contribution in [3.05, 3.63) is 11.1 Å². The van der Waals surface area contributed by atoms with Crippen LogP contribution in [0.2, 0.25) is 0 Å². The van der Waals surface area contributed by atoms with Crippen LogP contribution in [-0.4, -0.2) is 5.97 Å². The van der Waals surface area contributed by atoms with Gasteiger partial charge in [0.05, 0.1) is 5.97 Å². The Bertz CT molecular complexity index is 74.8. The molecule has 0 saturated heterocycles. The van der Waals surface area contributed by atoms with Crippen LogP contribution in [0.3, 0.4) is 0 Å². The molecule has 0 radical (unpaired) electrons. The molecule has 0 N–H and O–H groups in total. The van der Waals surface area contributed by atoms with Crippen LogP contribution < -0.4 is 5.11 Å². The van der Waals surface area contributed by atoms with Crippen molar-refractivity contribution in [1.82, 2.24) is 0 Å². The molecule has 0 aromatic rings. The molecular formula is C3H2BrO2-. The van der Waals surface area contributed by atoms with E-state index in [0.29, 0.717) is 0 Å². The van der Waals surface area contributed by atoms with Crippen molar-refractivity contribution in [3.8, 4) is 0 Å². The summed E-state index contributed by atoms with van der Waals surface area (Å²) in [5.41, 5.74) is 0. The molecule has 0 aromatic carbocycles. The molecule has 0 rings (SSSR count). The van der Waals surface area contributed by atoms with Gasteiger partial charge >= 0.3 is 0 Å². The smallest absolute Gasteiger partial charge is 0.0779 e. The topological polar surface area (TPSA) is 40.1 Å². The highest BCUT2D eigenvalue weighted by atomic mass is 79.9. The van der Waals surface area contributed by atoms with Crippen molar-refractivity contribution in [2.24, 2.45) is 0 Å². The zero-order valence-corrected chi connectivity index (χ0v) is 4.49. The van der Waals surface area contributed by atoms with Gasteiger partial charge in [0.15, 0.2) is 0 Å². The number of carbonyl (C=O) groups excluding carboxylic acids is 1. The minimum Gasteiger partial charge on any atom is -0.544 e. The molecule has 3 heteroatoms. The molecule has 0 heterocycles. The summed E-state index contributed by atoms with van der Waals surface area (Å²) in [4.78, 5) is 9.44. The lowest BCUT2D eigenvalue weighted by Crippen LogP contribution is -2.21. The predicted octanol–water partition coefficient (Wildman–Crippen LogP) is -0.355. The highest BCUT2D eigenvalue weighted by molar-refractivity contribution is 9.12. The normalized spacial score (nSPS) is 7.50. The van der Waals surface area contributed by atoms with Gasteiger partial charge in [-0.3, -0.25) is 0 Å². The molecule has 6 heavy (non-hydrogen) atoms. The Morgan fingerprint density at radius 1 is 1.83 bits per heavy atom. The Morgan fingerprint density at radius 2 is 2.00 bits per heavy atom. The van der Waals surface area contributed by atoms with Crippen LogP contribution in [-0.2, 0) is 4.79 Å². The van der Waals surface area contributed by atoms with Gasteiger partial charge in [0.2, 0.25) is 0 Å². The number of halogens is 1. The van der Waals surface area contributed by atoms with Crippen LogP contribution in [0.4, 0.5) is 0 Å². The van der Waals surface area contributed by atoms with E-state index < -0.39 is 5.97 Å². The number of carboxylic acid groups (broad SMARTS) is 1. The summed E-state index contributed by atoms with van der Waals surface area (Å²) in [6.45, 7) is 3.01. The van der Waals surface area contributed by atoms with Gasteiger partial charge in [0, 0.05) is 4.48 Å². The number of hydrogen-bond acceptors (Lipinski definition) is 2. The molecule has 0 bridgehead atoms. The highest BCUT2D eigenvalue weighted by Gasteiger charge is 1.79. The molecule has 0 saturated carbocycles. The van der Waals surface area contributed by atoms with Gasteiger partial charge in [-0.1, -0.05) is 6.58 Å². The van der Waals surface area contributed by atoms with Crippen LogP contribution >= 0.6 is 15.9 Å². The third kappa shape index (κ3) is 1.96. The van der Waals surface area contributed by atoms with Gasteiger partial charge in [0.25, 0.3) is 0 Å². The third-order valence-corrected chi connectivity index (χ3v) is 0.545. The van der Waals surface area contributed by atoms with Crippen LogP contribution in [0.1, 0.15) is 0 Å². The van der Waals surface area contributed by atoms with E-state index in [9.17, 15) is 9.90 Å². The Kier molecular flexibility index (Phi) is 1.87. The number of carbonyl (C=O) groups is 1. The lowest BCUT2D eigenvalue weighted by atomic mass is 10.7. The van der Waals surface area contributed by atoms with Gasteiger partial charge in [-0.15, -0.1) is 0 Å². The first-order chi connectivity index (χ1) is 2.64. The van der Waals surface area contributed by atoms with Crippen molar-refractivity contribution in [2.75, 3.05) is 0 Å². The maximum atomic E-state index is 9.44. The summed E-state index contributed by atoms with van der Waals surface area (Å²) in [7, 11) is 0. The van der Waals surface area contributed by atoms with E-state index in [0.717, 1.165) is 0 Å². The second-order valence-corrected chi connectivity index (χ2v) is 1.65. The van der Waals surface area contributed by atoms with Gasteiger partial charge < -0.3 is 9.90 Å². The second kappa shape index (κ2) is 1.97. The quantitative estimate of drug-likeness (QED) is 0.479. The molecule has 0 fully saturated rings. The molecule has 0 amide bonds. The van der Waals surface area contributed by atoms with Crippen molar-refractivity contribution in [3.63, 3.8) is 0 Å². The van der Waals surface area contributed by atoms with Gasteiger partial charge in [-0.25, -0.2) is 0 Å². The summed E-state index contributed by atoms with van der Waals surface area (Å²) in [6, 6.07) is 0. The second-order valence-electron chi connectivity index (χ2n) is 0.692. The largest absolute Gasteiger partial charge is 0.544 e. The Hall–Kier alpha value is -0.310. The summed E-state index contributed by atoms with van der Waals surface area (Å²) in [6.07, 6.45) is 0. The first-order valence-electron chi connectivity index (χ1n) is 1.20. The van der Waals surface area contributed by atoms with E-state index in [1.807, 2.05) is 0 Å². The molecule has 2 nitrogen and oxygen atoms in total. The average Bonchev–Trinajstić information content (AvgIpc) is 1.36. The molecule has 0 unspecified atom stereocenters. The van der Waals surface area contributed by atoms with Crippen LogP contribution in [0.5, 0.6) is 0 Å². The zero-order chi connectivity index (χ0) is 5.15. The molecule has 34 valence electrons. The highest BCUT2D eigenvalue weighted by Crippen LogP contribution is 1.94. The first kappa shape index (κ1) is 5.69. The Balaban J connectivity index is 3.57. The SMILES string of the molecule is C=C(Br)C(=O)[O-]. The van der Waals surface area contributed by atoms with Gasteiger partial charge in [-0.05, 0) is 15.9 Å². The molecule has 0 aliphatic heterocycles. The molecular weight excluding hydrogens is 148 g/mol. The summed E-state index contributed by atoms with van der Waals surface area (Å²) < 4.78 is -0.123. The first-order valence-corrected chi connectivity index (χ1v) is 1.99. The van der Waals surface area contributed by atoms with E-state index in [2.05, 4.69) is 22.5 Å². The van der Waals surface area contributed by atoms with Crippen LogP contribution in [0.15, 0.2) is 11.1 Å². The maximum absolute atomic E-state index is 9.44. The molecule has 0 atom stereocenters. The number of carboxylic acids is 1. The number of hydrogen-bond donors (Lipinski definition) is 0. The fraction of sp³-hybridized carbons (Fsp3) is 0. The molecule has 0 aliphatic carbocycles. The van der Waals surface area contributed by atoms with Crippen LogP contribution in [0, 0.1) is 0 Å². The van der Waals surface area contributed by atoms with E-state index in [4.69, 9.17) is 0 Å². The maximum Gasteiger partial charge on any atom is 0.0779 e. The number of rotatable bonds is 1. The summed E-state index contributed by atoms with van der Waals surface area (Å²) in [5.74, 6) is -1.27. The summed E-state index contributed by atoms with van der Waals surface area (Å²) in [5, 5.41) is 9.44. The van der Waals surface area contributed by atoms with Gasteiger partial charge in [-0.2, -0.15) is 0 Å². The lowest BCUT2D eigenvalue weighted by molar-refractivity contribution is -0.297. The van der Waals surface area contributed by atoms with Gasteiger partial charge in [0.1, 0.15) is 0 Å². The van der Waals surface area contributed by atoms with E-state index >= 15 is 0 Å². The zero-order valence-electron chi connectivity index (χ0n) is 2.90. The predicted molar refractivity (Wildman–Crippen MR) is 23.1 cm³/mol. The fourth-order valence-corrected chi connectivity index (χ4v) is 0. The minimum atomic E-state index is -1.27. The third-order valence-electron chi connectivity index (χ3n) is 0.221. The van der Waals surface area contributed by atoms with Crippen molar-refractivity contribution < 1.29 is 9.90 Å². The lowest BCUT2D eigenvalue weighted by Gasteiger charge is -1.91. The van der Waals surface area contributed by atoms with Crippen LogP contribution in [0.25, 0.3) is 0 Å². The average molecular weight is 150 g/mol. The molecule has 0 spiro atoms.